The van der Waals surface area contributed by atoms with Gasteiger partial charge in [-0.1, -0.05) is 134 Å². The molecule has 8 nitrogen and oxygen atoms in total. The lowest BCUT2D eigenvalue weighted by Gasteiger charge is -2.30. The number of esters is 2. The van der Waals surface area contributed by atoms with Gasteiger partial charge in [-0.2, -0.15) is 0 Å². The first-order chi connectivity index (χ1) is 23.3. The van der Waals surface area contributed by atoms with Crippen LogP contribution in [0.4, 0.5) is 0 Å². The number of unbranched alkanes of at least 4 members (excludes halogenated alkanes) is 19. The predicted octanol–water partition coefficient (Wildman–Crippen LogP) is 10.1. The second-order valence-corrected chi connectivity index (χ2v) is 14.0. The van der Waals surface area contributed by atoms with Crippen molar-refractivity contribution in [2.45, 2.75) is 187 Å². The molecule has 0 spiro atoms. The molecule has 0 heterocycles. The third kappa shape index (κ3) is 37.1. The number of hydrogen-bond acceptors (Lipinski definition) is 8. The van der Waals surface area contributed by atoms with Gasteiger partial charge in [0.05, 0.1) is 14.4 Å². The fraction of sp³-hybridized carbons (Fsp3) is 0.795. The Kier molecular flexibility index (Phi) is 33.8. The summed E-state index contributed by atoms with van der Waals surface area (Å²) in [6, 6.07) is 0. The summed E-state index contributed by atoms with van der Waals surface area (Å²) in [6.07, 6.45) is 39.6. The smallest absolute Gasteiger partial charge is 0.306 e. The fourth-order valence-corrected chi connectivity index (χ4v) is 5.56. The van der Waals surface area contributed by atoms with Crippen LogP contribution < -0.4 is 9.79 Å². The predicted molar refractivity (Wildman–Crippen MR) is 193 cm³/mol. The van der Waals surface area contributed by atoms with E-state index >= 15 is 0 Å². The quantitative estimate of drug-likeness (QED) is 0.0277. The van der Waals surface area contributed by atoms with Gasteiger partial charge in [-0.05, 0) is 70.6 Å². The first kappa shape index (κ1) is 46.3. The maximum absolute atomic E-state index is 12.3. The summed E-state index contributed by atoms with van der Waals surface area (Å²) in [5.41, 5.74) is 0. The zero-order valence-corrected chi connectivity index (χ0v) is 31.4. The van der Waals surface area contributed by atoms with E-state index in [4.69, 9.17) is 9.47 Å². The van der Waals surface area contributed by atoms with Gasteiger partial charge in [0.15, 0.2) is 6.10 Å². The molecular weight excluding hydrogens is 627 g/mol. The number of ether oxygens (including phenoxy) is 2. The van der Waals surface area contributed by atoms with Gasteiger partial charge in [0, 0.05) is 12.8 Å². The number of hydrogen-bond donors (Lipinski definition) is 0. The Morgan fingerprint density at radius 3 is 1.44 bits per heavy atom. The van der Waals surface area contributed by atoms with Crippen molar-refractivity contribution in [1.82, 2.24) is 0 Å². The van der Waals surface area contributed by atoms with E-state index in [1.807, 2.05) is 0 Å². The van der Waals surface area contributed by atoms with Crippen molar-refractivity contribution >= 4 is 19.8 Å². The molecule has 48 heavy (non-hydrogen) atoms. The molecular formula is C39H69O8P-2. The van der Waals surface area contributed by atoms with Gasteiger partial charge in [-0.15, -0.1) is 0 Å². The second-order valence-electron chi connectivity index (χ2n) is 12.9. The van der Waals surface area contributed by atoms with Crippen LogP contribution >= 0.6 is 7.82 Å². The molecule has 0 aromatic rings. The Hall–Kier alpha value is -1.73. The highest BCUT2D eigenvalue weighted by atomic mass is 31.2. The molecule has 280 valence electrons. The molecule has 0 unspecified atom stereocenters. The third-order valence-corrected chi connectivity index (χ3v) is 8.59. The van der Waals surface area contributed by atoms with Crippen LogP contribution in [0.5, 0.6) is 0 Å². The molecule has 0 aliphatic carbocycles. The normalized spacial score (nSPS) is 12.8. The summed E-state index contributed by atoms with van der Waals surface area (Å²) in [5.74, 6) is -0.982. The minimum Gasteiger partial charge on any atom is -0.790 e. The second kappa shape index (κ2) is 35.1. The summed E-state index contributed by atoms with van der Waals surface area (Å²) in [7, 11) is -5.25. The number of carbonyl (C=O) groups is 2. The Bertz CT molecular complexity index is 879. The zero-order valence-electron chi connectivity index (χ0n) is 30.6. The van der Waals surface area contributed by atoms with Gasteiger partial charge in [0.25, 0.3) is 0 Å². The van der Waals surface area contributed by atoms with Crippen LogP contribution in [0.2, 0.25) is 0 Å². The Morgan fingerprint density at radius 2 is 0.938 bits per heavy atom. The van der Waals surface area contributed by atoms with Crippen molar-refractivity contribution in [2.75, 3.05) is 13.2 Å². The molecule has 0 bridgehead atoms. The van der Waals surface area contributed by atoms with E-state index < -0.39 is 32.5 Å². The van der Waals surface area contributed by atoms with Crippen LogP contribution in [0.15, 0.2) is 36.5 Å². The third-order valence-electron chi connectivity index (χ3n) is 8.12. The molecule has 0 aliphatic rings. The van der Waals surface area contributed by atoms with Crippen molar-refractivity contribution < 1.29 is 37.9 Å². The SMILES string of the molecule is CCCCC/C=C\C/C=C\CCCCCCCC(=O)OC[C@H](COP(=O)([O-])[O-])OC(=O)CCCCCCC/C=C\CCCCCCCC. The Morgan fingerprint density at radius 1 is 0.542 bits per heavy atom. The monoisotopic (exact) mass is 696 g/mol. The van der Waals surface area contributed by atoms with Crippen LogP contribution in [0.3, 0.4) is 0 Å². The molecule has 0 radical (unpaired) electrons. The number of rotatable bonds is 35. The lowest BCUT2D eigenvalue weighted by Crippen LogP contribution is -2.31. The summed E-state index contributed by atoms with van der Waals surface area (Å²) >= 11 is 0. The topological polar surface area (TPSA) is 125 Å². The van der Waals surface area contributed by atoms with E-state index in [2.05, 4.69) is 54.8 Å². The van der Waals surface area contributed by atoms with Gasteiger partial charge in [0.2, 0.25) is 0 Å². The van der Waals surface area contributed by atoms with Gasteiger partial charge in [-0.25, -0.2) is 0 Å². The van der Waals surface area contributed by atoms with Crippen molar-refractivity contribution in [1.29, 1.82) is 0 Å². The summed E-state index contributed by atoms with van der Waals surface area (Å²) in [4.78, 5) is 46.4. The highest BCUT2D eigenvalue weighted by molar-refractivity contribution is 7.43. The zero-order chi connectivity index (χ0) is 35.4. The van der Waals surface area contributed by atoms with Crippen LogP contribution in [-0.4, -0.2) is 31.3 Å². The lowest BCUT2D eigenvalue weighted by atomic mass is 10.1. The molecule has 1 atom stereocenters. The van der Waals surface area contributed by atoms with E-state index in [0.29, 0.717) is 12.8 Å². The average Bonchev–Trinajstić information content (AvgIpc) is 3.05. The minimum atomic E-state index is -5.25. The first-order valence-corrected chi connectivity index (χ1v) is 20.7. The van der Waals surface area contributed by atoms with Crippen LogP contribution in [0, 0.1) is 0 Å². The van der Waals surface area contributed by atoms with Gasteiger partial charge in [0.1, 0.15) is 6.61 Å². The Balaban J connectivity index is 4.00. The molecule has 0 aromatic carbocycles. The maximum Gasteiger partial charge on any atom is 0.306 e. The maximum atomic E-state index is 12.3. The molecule has 0 rings (SSSR count). The fourth-order valence-electron chi connectivity index (χ4n) is 5.21. The number of carbonyl (C=O) groups excluding carboxylic acids is 2. The minimum absolute atomic E-state index is 0.168. The summed E-state index contributed by atoms with van der Waals surface area (Å²) in [5, 5.41) is 0. The van der Waals surface area contributed by atoms with E-state index in [0.717, 1.165) is 77.0 Å². The average molecular weight is 697 g/mol. The van der Waals surface area contributed by atoms with Crippen molar-refractivity contribution in [3.05, 3.63) is 36.5 Å². The molecule has 0 saturated carbocycles. The highest BCUT2D eigenvalue weighted by Gasteiger charge is 2.18. The molecule has 9 heteroatoms. The molecule has 0 N–H and O–H groups in total. The van der Waals surface area contributed by atoms with Crippen LogP contribution in [0.1, 0.15) is 181 Å². The lowest BCUT2D eigenvalue weighted by molar-refractivity contribution is -0.343. The standard InChI is InChI=1S/C39H71O8P/c1-3-5-7-9-11-13-15-17-19-21-23-25-27-29-31-33-38(40)45-35-37(36-46-48(42,43)44)47-39(41)34-32-30-28-26-24-22-20-18-16-14-12-10-8-6-4-2/h11,13,17-20,37H,3-10,12,14-16,21-36H2,1-2H3,(H2,42,43,44)/p-2/b13-11-,19-17-,20-18-/t37-/m1/s1. The first-order valence-electron chi connectivity index (χ1n) is 19.2. The molecule has 0 amide bonds. The van der Waals surface area contributed by atoms with Crippen molar-refractivity contribution in [3.8, 4) is 0 Å². The number of allylic oxidation sites excluding steroid dienone is 6. The largest absolute Gasteiger partial charge is 0.790 e. The van der Waals surface area contributed by atoms with Gasteiger partial charge in [-0.3, -0.25) is 9.59 Å². The number of phosphoric acid groups is 1. The van der Waals surface area contributed by atoms with Crippen LogP contribution in [-0.2, 0) is 28.2 Å². The van der Waals surface area contributed by atoms with Crippen LogP contribution in [0.25, 0.3) is 0 Å². The molecule has 0 aliphatic heterocycles. The summed E-state index contributed by atoms with van der Waals surface area (Å²) < 4.78 is 25.8. The molecule has 0 aromatic heterocycles. The number of phosphoric ester groups is 1. The van der Waals surface area contributed by atoms with Gasteiger partial charge < -0.3 is 28.3 Å². The van der Waals surface area contributed by atoms with Gasteiger partial charge >= 0.3 is 11.9 Å². The van der Waals surface area contributed by atoms with E-state index in [9.17, 15) is 23.9 Å². The molecule has 0 saturated heterocycles. The van der Waals surface area contributed by atoms with E-state index in [1.165, 1.54) is 64.2 Å². The van der Waals surface area contributed by atoms with E-state index in [1.54, 1.807) is 0 Å². The summed E-state index contributed by atoms with van der Waals surface area (Å²) in [6.45, 7) is 3.44. The van der Waals surface area contributed by atoms with Crippen molar-refractivity contribution in [2.24, 2.45) is 0 Å². The highest BCUT2D eigenvalue weighted by Crippen LogP contribution is 2.25. The van der Waals surface area contributed by atoms with Crippen molar-refractivity contribution in [3.63, 3.8) is 0 Å². The molecule has 0 fully saturated rings. The Labute approximate surface area is 293 Å². The van der Waals surface area contributed by atoms with E-state index in [-0.39, 0.29) is 19.4 Å².